The van der Waals surface area contributed by atoms with Crippen molar-refractivity contribution in [1.82, 2.24) is 25.1 Å². The summed E-state index contributed by atoms with van der Waals surface area (Å²) < 4.78 is 39.3. The maximum absolute atomic E-state index is 13.6. The molecule has 12 heteroatoms. The van der Waals surface area contributed by atoms with E-state index < -0.39 is 27.2 Å². The van der Waals surface area contributed by atoms with E-state index in [-0.39, 0.29) is 29.7 Å². The average molecular weight is 552 g/mol. The Morgan fingerprint density at radius 2 is 1.89 bits per heavy atom. The minimum Gasteiger partial charge on any atom is -0.477 e. The fraction of sp³-hybridized carbons (Fsp3) is 0.731. The van der Waals surface area contributed by atoms with Crippen LogP contribution in [0.2, 0.25) is 0 Å². The molecule has 1 aromatic rings. The van der Waals surface area contributed by atoms with Gasteiger partial charge in [0.2, 0.25) is 15.9 Å². The molecule has 38 heavy (non-hydrogen) atoms. The van der Waals surface area contributed by atoms with Crippen LogP contribution in [0.3, 0.4) is 0 Å². The highest BCUT2D eigenvalue weighted by atomic mass is 32.2. The van der Waals surface area contributed by atoms with E-state index in [4.69, 9.17) is 4.74 Å². The summed E-state index contributed by atoms with van der Waals surface area (Å²) >= 11 is 0. The Balaban J connectivity index is 1.52. The summed E-state index contributed by atoms with van der Waals surface area (Å²) in [5.74, 6) is 1.24. The van der Waals surface area contributed by atoms with Gasteiger partial charge >= 0.3 is 6.09 Å². The molecule has 0 aromatic carbocycles. The Bertz CT molecular complexity index is 1170. The molecule has 4 bridgehead atoms. The number of carbonyl (C=O) groups excluding carboxylic acids is 2. The number of alkyl carbamates (subject to hydrolysis) is 1. The van der Waals surface area contributed by atoms with Gasteiger partial charge in [-0.15, -0.1) is 0 Å². The summed E-state index contributed by atoms with van der Waals surface area (Å²) in [7, 11) is -2.01. The van der Waals surface area contributed by atoms with Crippen LogP contribution >= 0.6 is 0 Å². The number of nitrogens with zero attached hydrogens (tertiary/aromatic N) is 2. The van der Waals surface area contributed by atoms with Crippen LogP contribution in [0.25, 0.3) is 6.20 Å². The van der Waals surface area contributed by atoms with Gasteiger partial charge in [0.15, 0.2) is 0 Å². The van der Waals surface area contributed by atoms with Crippen molar-refractivity contribution in [3.05, 3.63) is 17.8 Å². The average Bonchev–Trinajstić information content (AvgIpc) is 3.19. The summed E-state index contributed by atoms with van der Waals surface area (Å²) in [5.41, 5.74) is -0.781. The molecule has 0 aliphatic heterocycles. The SMILES string of the molecule is COC(=O)NC(C)(C)/C=C/n1ncc(C(=O)NC2C3CC4CC2CC(NS(C)(=O)=O)(C4)C3)c1OCC(C)C. The summed E-state index contributed by atoms with van der Waals surface area (Å²) in [6.45, 7) is 8.07. The molecule has 4 aliphatic carbocycles. The summed E-state index contributed by atoms with van der Waals surface area (Å²) in [5, 5.41) is 10.4. The third kappa shape index (κ3) is 6.51. The molecule has 0 radical (unpaired) electrons. The van der Waals surface area contributed by atoms with Gasteiger partial charge < -0.3 is 20.1 Å². The topological polar surface area (TPSA) is 141 Å². The molecule has 1 heterocycles. The van der Waals surface area contributed by atoms with Crippen LogP contribution < -0.4 is 20.1 Å². The fourth-order valence-corrected chi connectivity index (χ4v) is 7.66. The van der Waals surface area contributed by atoms with E-state index in [0.29, 0.717) is 24.0 Å². The zero-order valence-corrected chi connectivity index (χ0v) is 23.9. The Hall–Kier alpha value is -2.60. The number of hydrogen-bond acceptors (Lipinski definition) is 7. The predicted octanol–water partition coefficient (Wildman–Crippen LogP) is 2.75. The Morgan fingerprint density at radius 3 is 2.47 bits per heavy atom. The van der Waals surface area contributed by atoms with Crippen LogP contribution in [0.15, 0.2) is 12.3 Å². The Morgan fingerprint density at radius 1 is 1.24 bits per heavy atom. The van der Waals surface area contributed by atoms with Gasteiger partial charge in [0, 0.05) is 17.8 Å². The summed E-state index contributed by atoms with van der Waals surface area (Å²) in [6.07, 6.45) is 9.91. The van der Waals surface area contributed by atoms with Crippen molar-refractivity contribution in [2.75, 3.05) is 20.0 Å². The van der Waals surface area contributed by atoms with Gasteiger partial charge in [-0.3, -0.25) is 4.79 Å². The number of hydrogen-bond donors (Lipinski definition) is 3. The normalized spacial score (nSPS) is 28.6. The van der Waals surface area contributed by atoms with Gasteiger partial charge in [0.1, 0.15) is 5.56 Å². The Kier molecular flexibility index (Phi) is 7.86. The molecular weight excluding hydrogens is 510 g/mol. The first-order valence-electron chi connectivity index (χ1n) is 13.2. The molecule has 4 saturated carbocycles. The highest BCUT2D eigenvalue weighted by molar-refractivity contribution is 7.88. The molecule has 1 aromatic heterocycles. The van der Waals surface area contributed by atoms with E-state index >= 15 is 0 Å². The zero-order valence-electron chi connectivity index (χ0n) is 23.1. The molecule has 4 aliphatic rings. The summed E-state index contributed by atoms with van der Waals surface area (Å²) in [4.78, 5) is 25.2. The largest absolute Gasteiger partial charge is 0.477 e. The van der Waals surface area contributed by atoms with Crippen molar-refractivity contribution in [3.8, 4) is 5.88 Å². The maximum atomic E-state index is 13.6. The monoisotopic (exact) mass is 551 g/mol. The lowest BCUT2D eigenvalue weighted by atomic mass is 9.51. The second-order valence-electron chi connectivity index (χ2n) is 12.3. The molecule has 11 nitrogen and oxygen atoms in total. The van der Waals surface area contributed by atoms with Crippen molar-refractivity contribution in [1.29, 1.82) is 0 Å². The molecule has 2 amide bonds. The number of methoxy groups -OCH3 is 1. The van der Waals surface area contributed by atoms with E-state index in [1.54, 1.807) is 12.3 Å². The van der Waals surface area contributed by atoms with Crippen molar-refractivity contribution < 1.29 is 27.5 Å². The van der Waals surface area contributed by atoms with E-state index in [1.807, 2.05) is 27.7 Å². The van der Waals surface area contributed by atoms with Gasteiger partial charge in [-0.2, -0.15) is 5.10 Å². The smallest absolute Gasteiger partial charge is 0.407 e. The highest BCUT2D eigenvalue weighted by Gasteiger charge is 2.56. The van der Waals surface area contributed by atoms with Gasteiger partial charge in [-0.05, 0) is 75.7 Å². The van der Waals surface area contributed by atoms with E-state index in [0.717, 1.165) is 32.1 Å². The molecule has 4 fully saturated rings. The number of amides is 2. The van der Waals surface area contributed by atoms with Gasteiger partial charge in [-0.1, -0.05) is 13.8 Å². The van der Waals surface area contributed by atoms with Crippen LogP contribution in [0.5, 0.6) is 5.88 Å². The molecule has 3 N–H and O–H groups in total. The molecule has 2 atom stereocenters. The van der Waals surface area contributed by atoms with Crippen molar-refractivity contribution in [2.24, 2.45) is 23.7 Å². The van der Waals surface area contributed by atoms with Gasteiger partial charge in [0.25, 0.3) is 5.91 Å². The second-order valence-corrected chi connectivity index (χ2v) is 14.0. The number of ether oxygens (including phenoxy) is 2. The van der Waals surface area contributed by atoms with Crippen molar-refractivity contribution >= 4 is 28.2 Å². The minimum atomic E-state index is -3.31. The number of rotatable bonds is 10. The maximum Gasteiger partial charge on any atom is 0.407 e. The molecule has 2 unspecified atom stereocenters. The lowest BCUT2D eigenvalue weighted by molar-refractivity contribution is -0.0348. The first-order chi connectivity index (χ1) is 17.7. The predicted molar refractivity (Wildman–Crippen MR) is 143 cm³/mol. The lowest BCUT2D eigenvalue weighted by Crippen LogP contribution is -2.66. The minimum absolute atomic E-state index is 0.0198. The zero-order chi connectivity index (χ0) is 27.9. The number of sulfonamides is 1. The quantitative estimate of drug-likeness (QED) is 0.406. The van der Waals surface area contributed by atoms with Crippen molar-refractivity contribution in [2.45, 2.75) is 76.9 Å². The van der Waals surface area contributed by atoms with Gasteiger partial charge in [0.05, 0.1) is 31.7 Å². The van der Waals surface area contributed by atoms with E-state index in [2.05, 4.69) is 25.2 Å². The molecule has 0 spiro atoms. The molecular formula is C26H41N5O6S. The third-order valence-electron chi connectivity index (χ3n) is 7.76. The molecule has 0 saturated heterocycles. The van der Waals surface area contributed by atoms with Crippen LogP contribution in [-0.2, 0) is 14.8 Å². The second kappa shape index (κ2) is 10.5. The number of nitrogens with one attached hydrogen (secondary N) is 3. The first-order valence-corrected chi connectivity index (χ1v) is 15.1. The van der Waals surface area contributed by atoms with Gasteiger partial charge in [-0.25, -0.2) is 22.6 Å². The van der Waals surface area contributed by atoms with Crippen LogP contribution in [0.1, 0.15) is 70.2 Å². The third-order valence-corrected chi connectivity index (χ3v) is 8.57. The fourth-order valence-electron chi connectivity index (χ4n) is 6.62. The van der Waals surface area contributed by atoms with E-state index in [1.165, 1.54) is 24.2 Å². The highest BCUT2D eigenvalue weighted by Crippen LogP contribution is 2.56. The van der Waals surface area contributed by atoms with Crippen LogP contribution in [0.4, 0.5) is 4.79 Å². The van der Waals surface area contributed by atoms with Crippen LogP contribution in [-0.4, -0.2) is 67.3 Å². The van der Waals surface area contributed by atoms with Crippen molar-refractivity contribution in [3.63, 3.8) is 0 Å². The summed E-state index contributed by atoms with van der Waals surface area (Å²) in [6, 6.07) is -0.0198. The lowest BCUT2D eigenvalue weighted by Gasteiger charge is -2.59. The van der Waals surface area contributed by atoms with Crippen LogP contribution in [0, 0.1) is 23.7 Å². The first kappa shape index (κ1) is 28.4. The van der Waals surface area contributed by atoms with E-state index in [9.17, 15) is 18.0 Å². The molecule has 212 valence electrons. The number of carbonyl (C=O) groups is 2. The Labute approximate surface area is 225 Å². The molecule has 5 rings (SSSR count). The number of aromatic nitrogens is 2. The standard InChI is InChI=1S/C26H41N5O6S/c1-16(2)15-37-23-20(14-27-31(23)8-7-25(3,4)29-24(33)36-5)22(32)28-21-18-9-17-10-19(21)13-26(11-17,12-18)30-38(6,34)35/h7-8,14,16-19,21,30H,9-13,15H2,1-6H3,(H,28,32)(H,29,33)/b8-7+.